The molecule has 0 aliphatic rings. The Labute approximate surface area is 139 Å². The minimum absolute atomic E-state index is 0.000547. The number of nitrogens with one attached hydrogen (secondary N) is 1. The maximum atomic E-state index is 12.2. The van der Waals surface area contributed by atoms with Gasteiger partial charge in [-0.05, 0) is 32.0 Å². The van der Waals surface area contributed by atoms with Crippen molar-refractivity contribution in [2.45, 2.75) is 18.7 Å². The third-order valence-electron chi connectivity index (χ3n) is 3.13. The summed E-state index contributed by atoms with van der Waals surface area (Å²) >= 11 is 0. The van der Waals surface area contributed by atoms with Crippen molar-refractivity contribution in [3.63, 3.8) is 0 Å². The Balaban J connectivity index is 1.74. The van der Waals surface area contributed by atoms with Crippen molar-refractivity contribution in [2.75, 3.05) is 4.72 Å². The Morgan fingerprint density at radius 1 is 1.08 bits per heavy atom. The molecular formula is C16H15N3O4S. The van der Waals surface area contributed by atoms with Crippen LogP contribution in [0.4, 0.5) is 5.82 Å². The molecular weight excluding hydrogens is 330 g/mol. The summed E-state index contributed by atoms with van der Waals surface area (Å²) in [5.74, 6) is 1.55. The predicted molar refractivity (Wildman–Crippen MR) is 87.5 cm³/mol. The van der Waals surface area contributed by atoms with Crippen molar-refractivity contribution >= 4 is 15.8 Å². The zero-order valence-electron chi connectivity index (χ0n) is 13.1. The van der Waals surface area contributed by atoms with Gasteiger partial charge >= 0.3 is 0 Å². The second kappa shape index (κ2) is 6.32. The summed E-state index contributed by atoms with van der Waals surface area (Å²) in [6.45, 7) is 3.65. The van der Waals surface area contributed by atoms with Crippen LogP contribution in [0, 0.1) is 13.8 Å². The number of nitrogens with zero attached hydrogens (tertiary/aromatic N) is 2. The van der Waals surface area contributed by atoms with Crippen LogP contribution in [0.3, 0.4) is 0 Å². The number of ether oxygens (including phenoxy) is 1. The molecule has 124 valence electrons. The molecule has 0 fully saturated rings. The molecule has 1 N–H and O–H groups in total. The molecule has 24 heavy (non-hydrogen) atoms. The van der Waals surface area contributed by atoms with E-state index in [1.165, 1.54) is 24.4 Å². The predicted octanol–water partition coefficient (Wildman–Crippen LogP) is 3.28. The normalized spacial score (nSPS) is 11.2. The van der Waals surface area contributed by atoms with Crippen molar-refractivity contribution in [2.24, 2.45) is 0 Å². The van der Waals surface area contributed by atoms with E-state index in [0.29, 0.717) is 17.4 Å². The van der Waals surface area contributed by atoms with E-state index in [1.807, 2.05) is 31.2 Å². The quantitative estimate of drug-likeness (QED) is 0.762. The number of benzene rings is 1. The largest absolute Gasteiger partial charge is 0.439 e. The van der Waals surface area contributed by atoms with Crippen molar-refractivity contribution < 1.29 is 17.7 Å². The van der Waals surface area contributed by atoms with Gasteiger partial charge in [-0.3, -0.25) is 4.72 Å². The summed E-state index contributed by atoms with van der Waals surface area (Å²) in [5.41, 5.74) is 1.12. The molecule has 3 rings (SSSR count). The number of rotatable bonds is 5. The second-order valence-corrected chi connectivity index (χ2v) is 6.86. The number of aryl methyl sites for hydroxylation is 2. The maximum Gasteiger partial charge on any atom is 0.264 e. The summed E-state index contributed by atoms with van der Waals surface area (Å²) in [6.07, 6.45) is 1.22. The lowest BCUT2D eigenvalue weighted by molar-refractivity contribution is 0.400. The SMILES string of the molecule is Cc1ccc(Oc2ccc(S(=O)(=O)Nc3cc(C)on3)cn2)cc1. The molecule has 3 aromatic rings. The van der Waals surface area contributed by atoms with Crippen LogP contribution in [-0.2, 0) is 10.0 Å². The van der Waals surface area contributed by atoms with Crippen LogP contribution in [0.1, 0.15) is 11.3 Å². The van der Waals surface area contributed by atoms with Gasteiger partial charge in [0, 0.05) is 12.1 Å². The molecule has 0 saturated carbocycles. The number of pyridine rings is 1. The summed E-state index contributed by atoms with van der Waals surface area (Å²) < 4.78 is 37.2. The highest BCUT2D eigenvalue weighted by atomic mass is 32.2. The van der Waals surface area contributed by atoms with E-state index >= 15 is 0 Å². The molecule has 2 aromatic heterocycles. The van der Waals surface area contributed by atoms with Gasteiger partial charge in [0.1, 0.15) is 16.4 Å². The van der Waals surface area contributed by atoms with Crippen LogP contribution in [0.5, 0.6) is 11.6 Å². The number of sulfonamides is 1. The third kappa shape index (κ3) is 3.72. The van der Waals surface area contributed by atoms with Gasteiger partial charge in [0.05, 0.1) is 6.20 Å². The van der Waals surface area contributed by atoms with E-state index in [4.69, 9.17) is 9.26 Å². The minimum Gasteiger partial charge on any atom is -0.439 e. The van der Waals surface area contributed by atoms with Crippen LogP contribution in [0.25, 0.3) is 0 Å². The molecule has 0 bridgehead atoms. The molecule has 8 heteroatoms. The van der Waals surface area contributed by atoms with Gasteiger partial charge in [0.2, 0.25) is 5.88 Å². The molecule has 0 spiro atoms. The molecule has 0 saturated heterocycles. The Kier molecular flexibility index (Phi) is 4.22. The Morgan fingerprint density at radius 2 is 1.83 bits per heavy atom. The van der Waals surface area contributed by atoms with E-state index in [-0.39, 0.29) is 10.7 Å². The Hall–Kier alpha value is -2.87. The van der Waals surface area contributed by atoms with Crippen LogP contribution in [-0.4, -0.2) is 18.6 Å². The van der Waals surface area contributed by atoms with Crippen LogP contribution in [0.2, 0.25) is 0 Å². The number of anilines is 1. The number of hydrogen-bond donors (Lipinski definition) is 1. The lowest BCUT2D eigenvalue weighted by Gasteiger charge is -2.07. The molecule has 0 atom stereocenters. The van der Waals surface area contributed by atoms with Crippen molar-refractivity contribution in [1.29, 1.82) is 0 Å². The number of aromatic nitrogens is 2. The first-order valence-corrected chi connectivity index (χ1v) is 8.57. The summed E-state index contributed by atoms with van der Waals surface area (Å²) in [5, 5.41) is 3.60. The van der Waals surface area contributed by atoms with Crippen molar-refractivity contribution in [3.8, 4) is 11.6 Å². The van der Waals surface area contributed by atoms with Crippen molar-refractivity contribution in [1.82, 2.24) is 10.1 Å². The first-order chi connectivity index (χ1) is 11.4. The van der Waals surface area contributed by atoms with E-state index < -0.39 is 10.0 Å². The van der Waals surface area contributed by atoms with Gasteiger partial charge in [-0.25, -0.2) is 13.4 Å². The average Bonchev–Trinajstić information content (AvgIpc) is 2.94. The topological polar surface area (TPSA) is 94.3 Å². The van der Waals surface area contributed by atoms with Gasteiger partial charge in [-0.15, -0.1) is 0 Å². The van der Waals surface area contributed by atoms with Gasteiger partial charge in [-0.1, -0.05) is 22.9 Å². The fraction of sp³-hybridized carbons (Fsp3) is 0.125. The van der Waals surface area contributed by atoms with E-state index in [0.717, 1.165) is 5.56 Å². The smallest absolute Gasteiger partial charge is 0.264 e. The Morgan fingerprint density at radius 3 is 2.42 bits per heavy atom. The number of hydrogen-bond acceptors (Lipinski definition) is 6. The van der Waals surface area contributed by atoms with Crippen LogP contribution >= 0.6 is 0 Å². The Bertz CT molecular complexity index is 932. The highest BCUT2D eigenvalue weighted by Crippen LogP contribution is 2.21. The summed E-state index contributed by atoms with van der Waals surface area (Å²) in [6, 6.07) is 11.8. The first-order valence-electron chi connectivity index (χ1n) is 7.09. The molecule has 1 aromatic carbocycles. The third-order valence-corrected chi connectivity index (χ3v) is 4.47. The maximum absolute atomic E-state index is 12.2. The molecule has 0 aliphatic carbocycles. The molecule has 0 radical (unpaired) electrons. The van der Waals surface area contributed by atoms with Crippen LogP contribution in [0.15, 0.2) is 58.1 Å². The highest BCUT2D eigenvalue weighted by molar-refractivity contribution is 7.92. The summed E-state index contributed by atoms with van der Waals surface area (Å²) in [7, 11) is -3.79. The zero-order valence-corrected chi connectivity index (χ0v) is 13.9. The van der Waals surface area contributed by atoms with Gasteiger partial charge in [0.25, 0.3) is 10.0 Å². The monoisotopic (exact) mass is 345 g/mol. The molecule has 2 heterocycles. The van der Waals surface area contributed by atoms with Crippen LogP contribution < -0.4 is 9.46 Å². The molecule has 0 amide bonds. The van der Waals surface area contributed by atoms with E-state index in [1.54, 1.807) is 6.92 Å². The average molecular weight is 345 g/mol. The lowest BCUT2D eigenvalue weighted by Crippen LogP contribution is -2.13. The van der Waals surface area contributed by atoms with Gasteiger partial charge in [0.15, 0.2) is 5.82 Å². The lowest BCUT2D eigenvalue weighted by atomic mass is 10.2. The minimum atomic E-state index is -3.79. The van der Waals surface area contributed by atoms with E-state index in [2.05, 4.69) is 14.9 Å². The molecule has 7 nitrogen and oxygen atoms in total. The standard InChI is InChI=1S/C16H15N3O4S/c1-11-3-5-13(6-4-11)22-16-8-7-14(10-17-16)24(20,21)19-15-9-12(2)23-18-15/h3-10H,1-2H3,(H,18,19). The zero-order chi connectivity index (χ0) is 17.2. The fourth-order valence-corrected chi connectivity index (χ4v) is 2.85. The van der Waals surface area contributed by atoms with E-state index in [9.17, 15) is 8.42 Å². The molecule has 0 aliphatic heterocycles. The van der Waals surface area contributed by atoms with Gasteiger partial charge < -0.3 is 9.26 Å². The second-order valence-electron chi connectivity index (χ2n) is 5.18. The van der Waals surface area contributed by atoms with Gasteiger partial charge in [-0.2, -0.15) is 0 Å². The summed E-state index contributed by atoms with van der Waals surface area (Å²) in [4.78, 5) is 4.02. The highest BCUT2D eigenvalue weighted by Gasteiger charge is 2.17. The molecule has 0 unspecified atom stereocenters. The van der Waals surface area contributed by atoms with Crippen molar-refractivity contribution in [3.05, 3.63) is 60.0 Å². The fourth-order valence-electron chi connectivity index (χ4n) is 1.92. The first kappa shape index (κ1) is 16.0.